The van der Waals surface area contributed by atoms with Crippen LogP contribution in [0.5, 0.6) is 0 Å². The predicted molar refractivity (Wildman–Crippen MR) is 65.8 cm³/mol. The van der Waals surface area contributed by atoms with Crippen LogP contribution in [0.2, 0.25) is 0 Å². The molecule has 0 bridgehead atoms. The summed E-state index contributed by atoms with van der Waals surface area (Å²) in [6.07, 6.45) is 3.50. The SMILES string of the molecule is CCc1nn(C)c(CC)c1CNc1ccon1. The molecule has 0 aliphatic heterocycles. The summed E-state index contributed by atoms with van der Waals surface area (Å²) in [6.45, 7) is 5.02. The Hall–Kier alpha value is -1.78. The van der Waals surface area contributed by atoms with Crippen molar-refractivity contribution in [3.63, 3.8) is 0 Å². The number of rotatable bonds is 5. The maximum atomic E-state index is 4.79. The molecular formula is C12H18N4O. The normalized spacial score (nSPS) is 10.8. The Bertz CT molecular complexity index is 473. The lowest BCUT2D eigenvalue weighted by Gasteiger charge is -2.05. The fraction of sp³-hybridized carbons (Fsp3) is 0.500. The Labute approximate surface area is 101 Å². The van der Waals surface area contributed by atoms with Crippen LogP contribution in [0.15, 0.2) is 16.9 Å². The van der Waals surface area contributed by atoms with Gasteiger partial charge in [-0.05, 0) is 12.8 Å². The van der Waals surface area contributed by atoms with Crippen molar-refractivity contribution in [1.29, 1.82) is 0 Å². The van der Waals surface area contributed by atoms with Gasteiger partial charge in [0.25, 0.3) is 0 Å². The second-order valence-electron chi connectivity index (χ2n) is 3.94. The highest BCUT2D eigenvalue weighted by atomic mass is 16.5. The largest absolute Gasteiger partial charge is 0.363 e. The smallest absolute Gasteiger partial charge is 0.169 e. The van der Waals surface area contributed by atoms with Gasteiger partial charge in [0.15, 0.2) is 5.82 Å². The first-order valence-electron chi connectivity index (χ1n) is 5.94. The number of anilines is 1. The molecular weight excluding hydrogens is 216 g/mol. The number of hydrogen-bond donors (Lipinski definition) is 1. The molecule has 0 radical (unpaired) electrons. The van der Waals surface area contributed by atoms with Crippen LogP contribution < -0.4 is 5.32 Å². The van der Waals surface area contributed by atoms with Gasteiger partial charge < -0.3 is 9.84 Å². The van der Waals surface area contributed by atoms with E-state index in [4.69, 9.17) is 4.52 Å². The fourth-order valence-corrected chi connectivity index (χ4v) is 2.08. The third kappa shape index (κ3) is 2.33. The monoisotopic (exact) mass is 234 g/mol. The van der Waals surface area contributed by atoms with Crippen LogP contribution >= 0.6 is 0 Å². The minimum Gasteiger partial charge on any atom is -0.363 e. The zero-order chi connectivity index (χ0) is 12.3. The van der Waals surface area contributed by atoms with Crippen molar-refractivity contribution in [3.8, 4) is 0 Å². The van der Waals surface area contributed by atoms with Crippen LogP contribution in [-0.2, 0) is 26.4 Å². The van der Waals surface area contributed by atoms with E-state index < -0.39 is 0 Å². The van der Waals surface area contributed by atoms with Crippen LogP contribution in [-0.4, -0.2) is 14.9 Å². The van der Waals surface area contributed by atoms with Crippen LogP contribution in [0, 0.1) is 0 Å². The molecule has 92 valence electrons. The lowest BCUT2D eigenvalue weighted by molar-refractivity contribution is 0.422. The Morgan fingerprint density at radius 2 is 2.18 bits per heavy atom. The van der Waals surface area contributed by atoms with E-state index in [1.54, 1.807) is 6.26 Å². The van der Waals surface area contributed by atoms with E-state index >= 15 is 0 Å². The molecule has 0 aliphatic carbocycles. The lowest BCUT2D eigenvalue weighted by atomic mass is 10.1. The van der Waals surface area contributed by atoms with Crippen molar-refractivity contribution in [2.24, 2.45) is 7.05 Å². The molecule has 5 nitrogen and oxygen atoms in total. The molecule has 0 saturated heterocycles. The highest BCUT2D eigenvalue weighted by molar-refractivity contribution is 5.35. The standard InChI is InChI=1S/C12H18N4O/c1-4-10-9(11(5-2)16(3)14-10)8-13-12-6-7-17-15-12/h6-7H,4-5,8H2,1-3H3,(H,13,15). The molecule has 5 heteroatoms. The summed E-state index contributed by atoms with van der Waals surface area (Å²) in [6, 6.07) is 1.81. The highest BCUT2D eigenvalue weighted by Crippen LogP contribution is 2.17. The van der Waals surface area contributed by atoms with E-state index in [0.717, 1.165) is 30.9 Å². The van der Waals surface area contributed by atoms with Crippen molar-refractivity contribution in [2.75, 3.05) is 5.32 Å². The topological polar surface area (TPSA) is 55.9 Å². The highest BCUT2D eigenvalue weighted by Gasteiger charge is 2.13. The van der Waals surface area contributed by atoms with Gasteiger partial charge in [0.1, 0.15) is 6.26 Å². The van der Waals surface area contributed by atoms with E-state index in [0.29, 0.717) is 0 Å². The summed E-state index contributed by atoms with van der Waals surface area (Å²) in [5.74, 6) is 0.762. The second kappa shape index (κ2) is 5.03. The Balaban J connectivity index is 2.18. The van der Waals surface area contributed by atoms with Crippen LogP contribution in [0.25, 0.3) is 0 Å². The molecule has 2 aromatic rings. The molecule has 0 atom stereocenters. The minimum atomic E-state index is 0.743. The Morgan fingerprint density at radius 1 is 1.35 bits per heavy atom. The number of hydrogen-bond acceptors (Lipinski definition) is 4. The van der Waals surface area contributed by atoms with E-state index in [9.17, 15) is 0 Å². The maximum Gasteiger partial charge on any atom is 0.169 e. The van der Waals surface area contributed by atoms with Gasteiger partial charge in [-0.15, -0.1) is 0 Å². The Morgan fingerprint density at radius 3 is 2.76 bits per heavy atom. The molecule has 0 fully saturated rings. The van der Waals surface area contributed by atoms with Gasteiger partial charge in [-0.2, -0.15) is 5.10 Å². The third-order valence-corrected chi connectivity index (χ3v) is 2.91. The van der Waals surface area contributed by atoms with E-state index in [1.807, 2.05) is 17.8 Å². The molecule has 2 heterocycles. The third-order valence-electron chi connectivity index (χ3n) is 2.91. The summed E-state index contributed by atoms with van der Waals surface area (Å²) in [4.78, 5) is 0. The van der Waals surface area contributed by atoms with Crippen LogP contribution in [0.3, 0.4) is 0 Å². The molecule has 2 rings (SSSR count). The summed E-state index contributed by atoms with van der Waals surface area (Å²) in [5.41, 5.74) is 3.71. The van der Waals surface area contributed by atoms with Gasteiger partial charge in [0.2, 0.25) is 0 Å². The van der Waals surface area contributed by atoms with Gasteiger partial charge >= 0.3 is 0 Å². The van der Waals surface area contributed by atoms with E-state index in [2.05, 4.69) is 29.4 Å². The first-order chi connectivity index (χ1) is 8.26. The summed E-state index contributed by atoms with van der Waals surface area (Å²) in [5, 5.41) is 11.6. The van der Waals surface area contributed by atoms with Gasteiger partial charge in [0.05, 0.1) is 5.69 Å². The van der Waals surface area contributed by atoms with Crippen molar-refractivity contribution in [3.05, 3.63) is 29.3 Å². The van der Waals surface area contributed by atoms with Crippen molar-refractivity contribution in [1.82, 2.24) is 14.9 Å². The van der Waals surface area contributed by atoms with E-state index in [-0.39, 0.29) is 0 Å². The molecule has 1 N–H and O–H groups in total. The maximum absolute atomic E-state index is 4.79. The quantitative estimate of drug-likeness (QED) is 0.861. The Kier molecular flexibility index (Phi) is 3.46. The minimum absolute atomic E-state index is 0.743. The molecule has 0 saturated carbocycles. The summed E-state index contributed by atoms with van der Waals surface area (Å²) in [7, 11) is 2.00. The average Bonchev–Trinajstić information content (AvgIpc) is 2.93. The van der Waals surface area contributed by atoms with Crippen LogP contribution in [0.1, 0.15) is 30.8 Å². The molecule has 0 amide bonds. The second-order valence-corrected chi connectivity index (χ2v) is 3.94. The zero-order valence-electron chi connectivity index (χ0n) is 10.5. The first kappa shape index (κ1) is 11.7. The van der Waals surface area contributed by atoms with Gasteiger partial charge in [0, 0.05) is 30.9 Å². The van der Waals surface area contributed by atoms with Crippen molar-refractivity contribution in [2.45, 2.75) is 33.2 Å². The van der Waals surface area contributed by atoms with Gasteiger partial charge in [-0.3, -0.25) is 4.68 Å². The molecule has 0 aliphatic rings. The first-order valence-corrected chi connectivity index (χ1v) is 5.94. The molecule has 0 spiro atoms. The summed E-state index contributed by atoms with van der Waals surface area (Å²) >= 11 is 0. The number of aryl methyl sites for hydroxylation is 2. The predicted octanol–water partition coefficient (Wildman–Crippen LogP) is 2.14. The van der Waals surface area contributed by atoms with Crippen LogP contribution in [0.4, 0.5) is 5.82 Å². The average molecular weight is 234 g/mol. The van der Waals surface area contributed by atoms with Crippen molar-refractivity contribution < 1.29 is 4.52 Å². The number of aromatic nitrogens is 3. The van der Waals surface area contributed by atoms with Gasteiger partial charge in [-0.25, -0.2) is 0 Å². The molecule has 17 heavy (non-hydrogen) atoms. The molecule has 2 aromatic heterocycles. The van der Waals surface area contributed by atoms with Crippen molar-refractivity contribution >= 4 is 5.82 Å². The molecule has 0 aromatic carbocycles. The summed E-state index contributed by atoms with van der Waals surface area (Å²) < 4.78 is 6.76. The lowest BCUT2D eigenvalue weighted by Crippen LogP contribution is -2.05. The number of nitrogens with zero attached hydrogens (tertiary/aromatic N) is 3. The van der Waals surface area contributed by atoms with Gasteiger partial charge in [-0.1, -0.05) is 19.0 Å². The fourth-order valence-electron chi connectivity index (χ4n) is 2.08. The molecule has 0 unspecified atom stereocenters. The zero-order valence-corrected chi connectivity index (χ0v) is 10.5. The van der Waals surface area contributed by atoms with E-state index in [1.165, 1.54) is 11.3 Å². The number of nitrogens with one attached hydrogen (secondary N) is 1.